The Bertz CT molecular complexity index is 409. The second kappa shape index (κ2) is 6.60. The van der Waals surface area contributed by atoms with Gasteiger partial charge in [0.2, 0.25) is 0 Å². The van der Waals surface area contributed by atoms with E-state index in [4.69, 9.17) is 13.9 Å². The minimum atomic E-state index is -1.89. The van der Waals surface area contributed by atoms with Gasteiger partial charge in [-0.3, -0.25) is 0 Å². The predicted octanol–water partition coefficient (Wildman–Crippen LogP) is 1.30. The maximum atomic E-state index is 11.5. The van der Waals surface area contributed by atoms with Gasteiger partial charge >= 0.3 is 0 Å². The van der Waals surface area contributed by atoms with Crippen molar-refractivity contribution >= 4 is 14.3 Å². The molecule has 21 heavy (non-hydrogen) atoms. The predicted molar refractivity (Wildman–Crippen MR) is 78.9 cm³/mol. The summed E-state index contributed by atoms with van der Waals surface area (Å²) in [5.41, 5.74) is 0. The molecule has 0 aromatic carbocycles. The average molecular weight is 313 g/mol. The molecule has 2 aliphatic heterocycles. The van der Waals surface area contributed by atoms with Crippen molar-refractivity contribution in [3.8, 4) is 0 Å². The molecule has 5 nitrogen and oxygen atoms in total. The van der Waals surface area contributed by atoms with Crippen LogP contribution in [-0.2, 0) is 18.7 Å². The van der Waals surface area contributed by atoms with Crippen molar-refractivity contribution in [1.29, 1.82) is 0 Å². The first-order valence-corrected chi connectivity index (χ1v) is 10.8. The molecular weight excluding hydrogens is 288 g/mol. The van der Waals surface area contributed by atoms with Gasteiger partial charge < -0.3 is 23.8 Å². The molecule has 1 saturated heterocycles. The summed E-state index contributed by atoms with van der Waals surface area (Å²) in [7, 11) is -1.89. The van der Waals surface area contributed by atoms with E-state index in [-0.39, 0.29) is 18.1 Å². The van der Waals surface area contributed by atoms with Gasteiger partial charge in [-0.2, -0.15) is 0 Å². The van der Waals surface area contributed by atoms with Crippen LogP contribution in [0, 0.1) is 11.8 Å². The maximum Gasteiger partial charge on any atom is 0.188 e. The molecule has 0 aliphatic carbocycles. The monoisotopic (exact) mass is 313 g/mol. The quantitative estimate of drug-likeness (QED) is 0.565. The molecule has 0 aromatic heterocycles. The summed E-state index contributed by atoms with van der Waals surface area (Å²) in [6.45, 7) is 8.60. The molecule has 0 radical (unpaired) electrons. The zero-order valence-electron chi connectivity index (χ0n) is 13.2. The molecule has 5 atom stereocenters. The smallest absolute Gasteiger partial charge is 0.188 e. The number of carboxylic acids is 1. The highest BCUT2D eigenvalue weighted by Gasteiger charge is 2.48. The first-order chi connectivity index (χ1) is 9.88. The zero-order chi connectivity index (χ0) is 15.6. The van der Waals surface area contributed by atoms with E-state index in [1.165, 1.54) is 0 Å². The minimum Gasteiger partial charge on any atom is -0.550 e. The number of carbonyl (C=O) groups is 1. The lowest BCUT2D eigenvalue weighted by Gasteiger charge is -2.49. The normalized spacial score (nSPS) is 36.0. The molecule has 2 heterocycles. The van der Waals surface area contributed by atoms with E-state index in [0.717, 1.165) is 6.04 Å². The third-order valence-corrected chi connectivity index (χ3v) is 6.63. The van der Waals surface area contributed by atoms with Crippen LogP contribution in [0.3, 0.4) is 0 Å². The van der Waals surface area contributed by atoms with Gasteiger partial charge in [0.05, 0.1) is 12.2 Å². The van der Waals surface area contributed by atoms with E-state index >= 15 is 0 Å². The van der Waals surface area contributed by atoms with Crippen molar-refractivity contribution in [2.45, 2.75) is 57.9 Å². The fraction of sp³-hybridized carbons (Fsp3) is 0.800. The molecule has 0 aromatic rings. The van der Waals surface area contributed by atoms with Crippen molar-refractivity contribution in [3.63, 3.8) is 0 Å². The van der Waals surface area contributed by atoms with Crippen LogP contribution in [0.2, 0.25) is 19.1 Å². The number of aliphatic carboxylic acids is 1. The fourth-order valence-corrected chi connectivity index (χ4v) is 6.11. The summed E-state index contributed by atoms with van der Waals surface area (Å²) in [6, 6.07) is 0.771. The largest absolute Gasteiger partial charge is 0.550 e. The third kappa shape index (κ3) is 3.74. The van der Waals surface area contributed by atoms with E-state index in [1.54, 1.807) is 0 Å². The van der Waals surface area contributed by atoms with E-state index in [2.05, 4.69) is 13.1 Å². The molecule has 0 spiro atoms. The lowest BCUT2D eigenvalue weighted by atomic mass is 9.83. The number of hydrogen-bond acceptors (Lipinski definition) is 5. The lowest BCUT2D eigenvalue weighted by molar-refractivity contribution is -0.315. The number of carboxylic acid groups (broad SMARTS) is 1. The van der Waals surface area contributed by atoms with Gasteiger partial charge in [-0.15, -0.1) is 0 Å². The van der Waals surface area contributed by atoms with Crippen LogP contribution in [0.15, 0.2) is 12.2 Å². The Morgan fingerprint density at radius 3 is 2.71 bits per heavy atom. The van der Waals surface area contributed by atoms with E-state index in [1.807, 2.05) is 26.0 Å². The molecule has 120 valence electrons. The molecule has 1 fully saturated rings. The maximum absolute atomic E-state index is 11.5. The van der Waals surface area contributed by atoms with Crippen molar-refractivity contribution in [3.05, 3.63) is 12.2 Å². The summed E-state index contributed by atoms with van der Waals surface area (Å²) < 4.78 is 17.6. The molecule has 2 rings (SSSR count). The molecule has 0 saturated carbocycles. The van der Waals surface area contributed by atoms with Crippen molar-refractivity contribution in [1.82, 2.24) is 0 Å². The van der Waals surface area contributed by atoms with Crippen LogP contribution in [-0.4, -0.2) is 39.4 Å². The van der Waals surface area contributed by atoms with E-state index in [9.17, 15) is 9.90 Å². The van der Waals surface area contributed by atoms with Crippen molar-refractivity contribution in [2.24, 2.45) is 11.8 Å². The summed E-state index contributed by atoms with van der Waals surface area (Å²) in [6.07, 6.45) is 3.53. The molecular formula is C15H25O5Si-. The first kappa shape index (κ1) is 16.7. The minimum absolute atomic E-state index is 0.0756. The zero-order valence-corrected chi connectivity index (χ0v) is 14.2. The number of fused-ring (bicyclic) bond motifs is 1. The molecule has 0 bridgehead atoms. The Labute approximate surface area is 127 Å². The Morgan fingerprint density at radius 2 is 2.14 bits per heavy atom. The first-order valence-electron chi connectivity index (χ1n) is 7.72. The van der Waals surface area contributed by atoms with Gasteiger partial charge in [-0.1, -0.05) is 13.0 Å². The van der Waals surface area contributed by atoms with Crippen LogP contribution < -0.4 is 5.11 Å². The highest BCUT2D eigenvalue weighted by atomic mass is 28.4. The van der Waals surface area contributed by atoms with Gasteiger partial charge in [0.1, 0.15) is 0 Å². The van der Waals surface area contributed by atoms with Gasteiger partial charge in [-0.25, -0.2) is 0 Å². The highest BCUT2D eigenvalue weighted by molar-refractivity contribution is 6.71. The van der Waals surface area contributed by atoms with Gasteiger partial charge in [-0.05, 0) is 44.5 Å². The Morgan fingerprint density at radius 1 is 1.43 bits per heavy atom. The lowest BCUT2D eigenvalue weighted by Crippen LogP contribution is -2.58. The summed E-state index contributed by atoms with van der Waals surface area (Å²) in [5.74, 6) is -1.56. The van der Waals surface area contributed by atoms with Crippen molar-refractivity contribution < 1.29 is 23.8 Å². The van der Waals surface area contributed by atoms with Crippen LogP contribution in [0.25, 0.3) is 0 Å². The van der Waals surface area contributed by atoms with E-state index in [0.29, 0.717) is 13.0 Å². The number of hydrogen-bond donors (Lipinski definition) is 0. The fourth-order valence-electron chi connectivity index (χ4n) is 3.41. The summed E-state index contributed by atoms with van der Waals surface area (Å²) >= 11 is 0. The molecule has 0 amide bonds. The van der Waals surface area contributed by atoms with Gasteiger partial charge in [0.25, 0.3) is 0 Å². The van der Waals surface area contributed by atoms with Gasteiger partial charge in [0.15, 0.2) is 14.6 Å². The standard InChI is InChI=1S/C15H26O5Si/c1-5-10(15(16)17)11-9-21(3,4)20-12-7-8-13(18-6-2)19-14(11)12/h7-8,10-14H,5-6,9H2,1-4H3,(H,16,17)/p-1/t10?,11-,12+,13+,14-/m1/s1. The average Bonchev–Trinajstić information content (AvgIpc) is 2.39. The SMILES string of the molecule is CCO[C@@H]1C=C[C@@H]2O[Si](C)(C)C[C@H](C(CC)C(=O)[O-])[C@H]2O1. The summed E-state index contributed by atoms with van der Waals surface area (Å²) in [4.78, 5) is 11.5. The molecule has 6 heteroatoms. The van der Waals surface area contributed by atoms with Crippen LogP contribution in [0.4, 0.5) is 0 Å². The van der Waals surface area contributed by atoms with Crippen LogP contribution >= 0.6 is 0 Å². The Balaban J connectivity index is 2.24. The second-order valence-electron chi connectivity index (χ2n) is 6.35. The van der Waals surface area contributed by atoms with Crippen molar-refractivity contribution in [2.75, 3.05) is 6.61 Å². The Kier molecular flexibility index (Phi) is 5.24. The van der Waals surface area contributed by atoms with E-state index < -0.39 is 26.5 Å². The third-order valence-electron chi connectivity index (χ3n) is 4.27. The number of carbonyl (C=O) groups excluding carboxylic acids is 1. The summed E-state index contributed by atoms with van der Waals surface area (Å²) in [5, 5.41) is 11.5. The number of ether oxygens (including phenoxy) is 2. The molecule has 0 N–H and O–H groups in total. The topological polar surface area (TPSA) is 67.8 Å². The van der Waals surface area contributed by atoms with Gasteiger partial charge in [0, 0.05) is 18.5 Å². The van der Waals surface area contributed by atoms with Crippen LogP contribution in [0.5, 0.6) is 0 Å². The number of rotatable bonds is 5. The van der Waals surface area contributed by atoms with Crippen LogP contribution in [0.1, 0.15) is 20.3 Å². The Hall–Kier alpha value is -0.693. The molecule has 2 aliphatic rings. The molecule has 1 unspecified atom stereocenters. The highest BCUT2D eigenvalue weighted by Crippen LogP contribution is 2.40. The second-order valence-corrected chi connectivity index (χ2v) is 10.5.